The predicted molar refractivity (Wildman–Crippen MR) is 71.2 cm³/mol. The normalized spacial score (nSPS) is 22.2. The molecule has 0 aliphatic carbocycles. The van der Waals surface area contributed by atoms with Crippen molar-refractivity contribution in [2.75, 3.05) is 19.9 Å². The molecule has 0 saturated carbocycles. The lowest BCUT2D eigenvalue weighted by Crippen LogP contribution is -2.31. The zero-order chi connectivity index (χ0) is 12.4. The van der Waals surface area contributed by atoms with E-state index in [0.29, 0.717) is 6.79 Å². The number of nitrogens with one attached hydrogen (secondary N) is 1. The molecular weight excluding hydrogens is 226 g/mol. The number of benzene rings is 1. The first-order valence-electron chi connectivity index (χ1n) is 6.99. The van der Waals surface area contributed by atoms with Crippen molar-refractivity contribution in [2.45, 2.75) is 32.6 Å². The van der Waals surface area contributed by atoms with Gasteiger partial charge in [0.15, 0.2) is 11.5 Å². The molecule has 1 aromatic rings. The van der Waals surface area contributed by atoms with E-state index in [0.717, 1.165) is 36.8 Å². The van der Waals surface area contributed by atoms with E-state index in [9.17, 15) is 0 Å². The number of hydrogen-bond acceptors (Lipinski definition) is 3. The number of rotatable bonds is 3. The van der Waals surface area contributed by atoms with Crippen LogP contribution in [0.25, 0.3) is 0 Å². The van der Waals surface area contributed by atoms with E-state index in [1.807, 2.05) is 0 Å². The number of ether oxygens (including phenoxy) is 2. The highest BCUT2D eigenvalue weighted by molar-refractivity contribution is 5.52. The van der Waals surface area contributed by atoms with Gasteiger partial charge in [-0.3, -0.25) is 0 Å². The molecule has 1 fully saturated rings. The maximum absolute atomic E-state index is 5.61. The molecular formula is C15H21NO2. The molecule has 3 rings (SSSR count). The summed E-state index contributed by atoms with van der Waals surface area (Å²) in [4.78, 5) is 0. The van der Waals surface area contributed by atoms with Gasteiger partial charge in [0, 0.05) is 5.56 Å². The van der Waals surface area contributed by atoms with Crippen LogP contribution in [0.5, 0.6) is 11.5 Å². The lowest BCUT2D eigenvalue weighted by molar-refractivity contribution is 0.173. The molecule has 1 atom stereocenters. The highest BCUT2D eigenvalue weighted by Gasteiger charge is 2.22. The number of fused-ring (bicyclic) bond motifs is 1. The lowest BCUT2D eigenvalue weighted by atomic mass is 9.89. The predicted octanol–water partition coefficient (Wildman–Crippen LogP) is 2.52. The summed E-state index contributed by atoms with van der Waals surface area (Å²) in [6, 6.07) is 4.29. The third-order valence-corrected chi connectivity index (χ3v) is 4.00. The first kappa shape index (κ1) is 11.8. The van der Waals surface area contributed by atoms with Gasteiger partial charge in [-0.05, 0) is 56.3 Å². The van der Waals surface area contributed by atoms with Crippen LogP contribution in [0.4, 0.5) is 0 Å². The highest BCUT2D eigenvalue weighted by Crippen LogP contribution is 2.38. The van der Waals surface area contributed by atoms with Crippen molar-refractivity contribution in [2.24, 2.45) is 5.92 Å². The molecule has 98 valence electrons. The number of piperidine rings is 1. The molecule has 0 amide bonds. The molecule has 3 heteroatoms. The van der Waals surface area contributed by atoms with Gasteiger partial charge in [0.1, 0.15) is 0 Å². The van der Waals surface area contributed by atoms with E-state index in [2.05, 4.69) is 24.4 Å². The van der Waals surface area contributed by atoms with Crippen LogP contribution in [0.2, 0.25) is 0 Å². The Morgan fingerprint density at radius 3 is 3.06 bits per heavy atom. The minimum atomic E-state index is 0.372. The van der Waals surface area contributed by atoms with Crippen molar-refractivity contribution < 1.29 is 9.47 Å². The first-order chi connectivity index (χ1) is 8.88. The third-order valence-electron chi connectivity index (χ3n) is 4.00. The topological polar surface area (TPSA) is 30.5 Å². The summed E-state index contributed by atoms with van der Waals surface area (Å²) in [6.45, 7) is 4.90. The lowest BCUT2D eigenvalue weighted by Gasteiger charge is -2.24. The Hall–Kier alpha value is -1.22. The monoisotopic (exact) mass is 247 g/mol. The zero-order valence-electron chi connectivity index (χ0n) is 11.0. The molecule has 2 aliphatic rings. The standard InChI is InChI=1S/C15H21NO2/c1-2-13-12(8-11-4-3-7-16-9-11)5-6-14-15(13)18-10-17-14/h5-6,11,16H,2-4,7-10H2,1H3. The van der Waals surface area contributed by atoms with Crippen LogP contribution in [0, 0.1) is 5.92 Å². The Bertz CT molecular complexity index is 425. The minimum Gasteiger partial charge on any atom is -0.454 e. The van der Waals surface area contributed by atoms with E-state index in [4.69, 9.17) is 9.47 Å². The Balaban J connectivity index is 1.82. The fraction of sp³-hybridized carbons (Fsp3) is 0.600. The van der Waals surface area contributed by atoms with E-state index < -0.39 is 0 Å². The summed E-state index contributed by atoms with van der Waals surface area (Å²) >= 11 is 0. The van der Waals surface area contributed by atoms with Crippen molar-refractivity contribution in [3.05, 3.63) is 23.3 Å². The Morgan fingerprint density at radius 2 is 2.28 bits per heavy atom. The van der Waals surface area contributed by atoms with Crippen molar-refractivity contribution in [1.82, 2.24) is 5.32 Å². The minimum absolute atomic E-state index is 0.372. The van der Waals surface area contributed by atoms with Gasteiger partial charge in [0.25, 0.3) is 0 Å². The molecule has 2 heterocycles. The average Bonchev–Trinajstić information content (AvgIpc) is 2.88. The van der Waals surface area contributed by atoms with Gasteiger partial charge in [0.05, 0.1) is 0 Å². The molecule has 0 bridgehead atoms. The van der Waals surface area contributed by atoms with Crippen LogP contribution in [0.15, 0.2) is 12.1 Å². The Morgan fingerprint density at radius 1 is 1.33 bits per heavy atom. The molecule has 1 saturated heterocycles. The zero-order valence-corrected chi connectivity index (χ0v) is 11.0. The van der Waals surface area contributed by atoms with Crippen molar-refractivity contribution in [3.63, 3.8) is 0 Å². The van der Waals surface area contributed by atoms with E-state index >= 15 is 0 Å². The van der Waals surface area contributed by atoms with Crippen LogP contribution >= 0.6 is 0 Å². The molecule has 0 aromatic heterocycles. The SMILES string of the molecule is CCc1c(CC2CCCNC2)ccc2c1OCO2. The third kappa shape index (κ3) is 2.19. The van der Waals surface area contributed by atoms with Crippen molar-refractivity contribution >= 4 is 0 Å². The fourth-order valence-corrected chi connectivity index (χ4v) is 3.06. The van der Waals surface area contributed by atoms with Gasteiger partial charge >= 0.3 is 0 Å². The maximum atomic E-state index is 5.61. The summed E-state index contributed by atoms with van der Waals surface area (Å²) in [6.07, 6.45) is 4.82. The van der Waals surface area contributed by atoms with Crippen LogP contribution in [0.1, 0.15) is 30.9 Å². The average molecular weight is 247 g/mol. The smallest absolute Gasteiger partial charge is 0.231 e. The van der Waals surface area contributed by atoms with Gasteiger partial charge in [-0.2, -0.15) is 0 Å². The molecule has 1 N–H and O–H groups in total. The van der Waals surface area contributed by atoms with E-state index in [-0.39, 0.29) is 0 Å². The second kappa shape index (κ2) is 5.19. The molecule has 3 nitrogen and oxygen atoms in total. The van der Waals surface area contributed by atoms with Crippen LogP contribution in [0.3, 0.4) is 0 Å². The van der Waals surface area contributed by atoms with Gasteiger partial charge in [-0.1, -0.05) is 13.0 Å². The quantitative estimate of drug-likeness (QED) is 0.890. The second-order valence-electron chi connectivity index (χ2n) is 5.21. The maximum Gasteiger partial charge on any atom is 0.231 e. The molecule has 2 aliphatic heterocycles. The van der Waals surface area contributed by atoms with Gasteiger partial charge in [0.2, 0.25) is 6.79 Å². The first-order valence-corrected chi connectivity index (χ1v) is 6.99. The summed E-state index contributed by atoms with van der Waals surface area (Å²) in [5.74, 6) is 2.67. The summed E-state index contributed by atoms with van der Waals surface area (Å²) in [7, 11) is 0. The van der Waals surface area contributed by atoms with Gasteiger partial charge < -0.3 is 14.8 Å². The summed E-state index contributed by atoms with van der Waals surface area (Å²) in [5, 5.41) is 3.49. The summed E-state index contributed by atoms with van der Waals surface area (Å²) in [5.41, 5.74) is 2.78. The van der Waals surface area contributed by atoms with Crippen molar-refractivity contribution in [1.29, 1.82) is 0 Å². The van der Waals surface area contributed by atoms with Crippen LogP contribution < -0.4 is 14.8 Å². The van der Waals surface area contributed by atoms with Crippen molar-refractivity contribution in [3.8, 4) is 11.5 Å². The molecule has 0 radical (unpaired) electrons. The Kier molecular flexibility index (Phi) is 3.41. The van der Waals surface area contributed by atoms with E-state index in [1.165, 1.54) is 30.5 Å². The fourth-order valence-electron chi connectivity index (χ4n) is 3.06. The van der Waals surface area contributed by atoms with Gasteiger partial charge in [-0.25, -0.2) is 0 Å². The second-order valence-corrected chi connectivity index (χ2v) is 5.21. The molecule has 1 aromatic carbocycles. The number of hydrogen-bond donors (Lipinski definition) is 1. The molecule has 0 spiro atoms. The highest BCUT2D eigenvalue weighted by atomic mass is 16.7. The van der Waals surface area contributed by atoms with Gasteiger partial charge in [-0.15, -0.1) is 0 Å². The van der Waals surface area contributed by atoms with Crippen LogP contribution in [-0.4, -0.2) is 19.9 Å². The van der Waals surface area contributed by atoms with Crippen LogP contribution in [-0.2, 0) is 12.8 Å². The van der Waals surface area contributed by atoms with E-state index in [1.54, 1.807) is 0 Å². The molecule has 18 heavy (non-hydrogen) atoms. The largest absolute Gasteiger partial charge is 0.454 e. The summed E-state index contributed by atoms with van der Waals surface area (Å²) < 4.78 is 11.1. The molecule has 1 unspecified atom stereocenters. The Labute approximate surface area is 108 Å².